The molecule has 0 radical (unpaired) electrons. The van der Waals surface area contributed by atoms with E-state index >= 15 is 0 Å². The Morgan fingerprint density at radius 3 is 2.59 bits per heavy atom. The Morgan fingerprint density at radius 2 is 1.86 bits per heavy atom. The average Bonchev–Trinajstić information content (AvgIpc) is 3.23. The van der Waals surface area contributed by atoms with Gasteiger partial charge < -0.3 is 14.4 Å². The standard InChI is InChI=1S/C24H23NO3S/c1-16-14-24(2,3)25(20-8-6-5-7-19(16)20)21-10-9-18(13-22(21)27-4)28-23(26)17-11-12-29-15-17/h5-15H,1-4H3. The highest BCUT2D eigenvalue weighted by Gasteiger charge is 2.34. The van der Waals surface area contributed by atoms with Crippen LogP contribution in [0.3, 0.4) is 0 Å². The molecule has 5 heteroatoms. The number of carbonyl (C=O) groups excluding carboxylic acids is 1. The number of methoxy groups -OCH3 is 1. The minimum atomic E-state index is -0.372. The molecule has 0 fully saturated rings. The van der Waals surface area contributed by atoms with Crippen LogP contribution in [0.25, 0.3) is 5.57 Å². The third kappa shape index (κ3) is 3.54. The highest BCUT2D eigenvalue weighted by molar-refractivity contribution is 7.08. The first-order chi connectivity index (χ1) is 13.9. The second-order valence-electron chi connectivity index (χ2n) is 7.57. The van der Waals surface area contributed by atoms with Crippen molar-refractivity contribution >= 4 is 34.3 Å². The highest BCUT2D eigenvalue weighted by atomic mass is 32.1. The molecule has 0 aliphatic carbocycles. The van der Waals surface area contributed by atoms with E-state index in [1.165, 1.54) is 22.5 Å². The minimum absolute atomic E-state index is 0.249. The van der Waals surface area contributed by atoms with Gasteiger partial charge in [-0.15, -0.1) is 0 Å². The molecule has 0 unspecified atom stereocenters. The molecule has 1 aliphatic rings. The summed E-state index contributed by atoms with van der Waals surface area (Å²) in [6.07, 6.45) is 2.26. The Balaban J connectivity index is 1.74. The van der Waals surface area contributed by atoms with Gasteiger partial charge in [0.15, 0.2) is 0 Å². The summed E-state index contributed by atoms with van der Waals surface area (Å²) in [5.41, 5.74) is 4.79. The predicted octanol–water partition coefficient (Wildman–Crippen LogP) is 6.31. The molecule has 4 nitrogen and oxygen atoms in total. The van der Waals surface area contributed by atoms with Crippen molar-refractivity contribution in [3.8, 4) is 11.5 Å². The predicted molar refractivity (Wildman–Crippen MR) is 119 cm³/mol. The lowest BCUT2D eigenvalue weighted by Crippen LogP contribution is -2.41. The number of benzene rings is 2. The molecule has 0 N–H and O–H groups in total. The van der Waals surface area contributed by atoms with Gasteiger partial charge in [0, 0.05) is 22.7 Å². The summed E-state index contributed by atoms with van der Waals surface area (Å²) in [5, 5.41) is 3.63. The topological polar surface area (TPSA) is 38.8 Å². The van der Waals surface area contributed by atoms with Crippen molar-refractivity contribution in [1.82, 2.24) is 0 Å². The molecule has 4 rings (SSSR count). The zero-order valence-electron chi connectivity index (χ0n) is 16.9. The number of thiophene rings is 1. The molecule has 148 valence electrons. The number of allylic oxidation sites excluding steroid dienone is 1. The van der Waals surface area contributed by atoms with E-state index in [2.05, 4.69) is 49.9 Å². The van der Waals surface area contributed by atoms with Crippen molar-refractivity contribution < 1.29 is 14.3 Å². The fourth-order valence-electron chi connectivity index (χ4n) is 3.88. The Labute approximate surface area is 175 Å². The van der Waals surface area contributed by atoms with Crippen molar-refractivity contribution in [2.24, 2.45) is 0 Å². The van der Waals surface area contributed by atoms with Crippen LogP contribution in [-0.4, -0.2) is 18.6 Å². The van der Waals surface area contributed by atoms with Crippen LogP contribution in [-0.2, 0) is 0 Å². The first-order valence-corrected chi connectivity index (χ1v) is 10.4. The molecule has 2 heterocycles. The second kappa shape index (κ2) is 7.41. The van der Waals surface area contributed by atoms with Crippen LogP contribution >= 0.6 is 11.3 Å². The fraction of sp³-hybridized carbons (Fsp3) is 0.208. The molecule has 0 saturated carbocycles. The quantitative estimate of drug-likeness (QED) is 0.377. The van der Waals surface area contributed by atoms with Crippen molar-refractivity contribution in [3.63, 3.8) is 0 Å². The maximum Gasteiger partial charge on any atom is 0.344 e. The van der Waals surface area contributed by atoms with Crippen LogP contribution in [0.4, 0.5) is 11.4 Å². The van der Waals surface area contributed by atoms with E-state index in [1.807, 2.05) is 23.6 Å². The van der Waals surface area contributed by atoms with Gasteiger partial charge in [0.05, 0.1) is 23.9 Å². The number of nitrogens with zero attached hydrogens (tertiary/aromatic N) is 1. The van der Waals surface area contributed by atoms with Crippen LogP contribution in [0, 0.1) is 0 Å². The van der Waals surface area contributed by atoms with E-state index in [1.54, 1.807) is 24.6 Å². The molecule has 0 spiro atoms. The largest absolute Gasteiger partial charge is 0.494 e. The van der Waals surface area contributed by atoms with Crippen LogP contribution in [0.2, 0.25) is 0 Å². The maximum absolute atomic E-state index is 12.3. The SMILES string of the molecule is COc1cc(OC(=O)c2ccsc2)ccc1N1c2ccccc2C(C)=CC1(C)C. The van der Waals surface area contributed by atoms with Crippen molar-refractivity contribution in [2.45, 2.75) is 26.3 Å². The van der Waals surface area contributed by atoms with Crippen LogP contribution in [0.5, 0.6) is 11.5 Å². The van der Waals surface area contributed by atoms with E-state index in [0.29, 0.717) is 17.1 Å². The van der Waals surface area contributed by atoms with E-state index < -0.39 is 0 Å². The van der Waals surface area contributed by atoms with Crippen LogP contribution in [0.15, 0.2) is 65.4 Å². The normalized spacial score (nSPS) is 14.8. The third-order valence-electron chi connectivity index (χ3n) is 5.08. The molecule has 2 aromatic carbocycles. The molecule has 0 amide bonds. The Hall–Kier alpha value is -3.05. The first kappa shape index (κ1) is 19.3. The number of rotatable bonds is 4. The number of ether oxygens (including phenoxy) is 2. The van der Waals surface area contributed by atoms with Gasteiger partial charge in [-0.05, 0) is 56.0 Å². The Morgan fingerprint density at radius 1 is 1.07 bits per heavy atom. The number of hydrogen-bond acceptors (Lipinski definition) is 5. The van der Waals surface area contributed by atoms with Crippen LogP contribution < -0.4 is 14.4 Å². The zero-order chi connectivity index (χ0) is 20.6. The lowest BCUT2D eigenvalue weighted by atomic mass is 9.88. The molecule has 0 bridgehead atoms. The summed E-state index contributed by atoms with van der Waals surface area (Å²) >= 11 is 1.46. The summed E-state index contributed by atoms with van der Waals surface area (Å²) in [4.78, 5) is 14.6. The number of carbonyl (C=O) groups is 1. The Kier molecular flexibility index (Phi) is 4.92. The van der Waals surface area contributed by atoms with Gasteiger partial charge in [-0.1, -0.05) is 24.3 Å². The van der Waals surface area contributed by atoms with Gasteiger partial charge in [0.1, 0.15) is 11.5 Å². The molecular formula is C24H23NO3S. The summed E-state index contributed by atoms with van der Waals surface area (Å²) in [6, 6.07) is 15.6. The minimum Gasteiger partial charge on any atom is -0.494 e. The lowest BCUT2D eigenvalue weighted by molar-refractivity contribution is 0.0735. The smallest absolute Gasteiger partial charge is 0.344 e. The van der Waals surface area contributed by atoms with Gasteiger partial charge in [-0.3, -0.25) is 0 Å². The maximum atomic E-state index is 12.3. The molecule has 1 aromatic heterocycles. The molecular weight excluding hydrogens is 382 g/mol. The third-order valence-corrected chi connectivity index (χ3v) is 5.76. The Bertz CT molecular complexity index is 1080. The monoisotopic (exact) mass is 405 g/mol. The summed E-state index contributed by atoms with van der Waals surface area (Å²) in [7, 11) is 1.63. The second-order valence-corrected chi connectivity index (χ2v) is 8.35. The van der Waals surface area contributed by atoms with Crippen molar-refractivity contribution in [1.29, 1.82) is 0 Å². The average molecular weight is 406 g/mol. The van der Waals surface area contributed by atoms with E-state index in [-0.39, 0.29) is 11.5 Å². The molecule has 0 atom stereocenters. The molecule has 3 aromatic rings. The van der Waals surface area contributed by atoms with Crippen molar-refractivity contribution in [3.05, 3.63) is 76.5 Å². The van der Waals surface area contributed by atoms with Gasteiger partial charge in [0.25, 0.3) is 0 Å². The van der Waals surface area contributed by atoms with Gasteiger partial charge in [-0.2, -0.15) is 11.3 Å². The molecule has 0 saturated heterocycles. The van der Waals surface area contributed by atoms with Gasteiger partial charge in [-0.25, -0.2) is 4.79 Å². The van der Waals surface area contributed by atoms with E-state index in [9.17, 15) is 4.79 Å². The lowest BCUT2D eigenvalue weighted by Gasteiger charge is -2.43. The number of hydrogen-bond donors (Lipinski definition) is 0. The number of esters is 1. The summed E-state index contributed by atoms with van der Waals surface area (Å²) in [6.45, 7) is 6.49. The van der Waals surface area contributed by atoms with Crippen molar-refractivity contribution in [2.75, 3.05) is 12.0 Å². The van der Waals surface area contributed by atoms with Crippen LogP contribution in [0.1, 0.15) is 36.7 Å². The fourth-order valence-corrected chi connectivity index (χ4v) is 4.50. The zero-order valence-corrected chi connectivity index (χ0v) is 17.7. The number of para-hydroxylation sites is 1. The van der Waals surface area contributed by atoms with E-state index in [4.69, 9.17) is 9.47 Å². The molecule has 1 aliphatic heterocycles. The first-order valence-electron chi connectivity index (χ1n) is 9.42. The van der Waals surface area contributed by atoms with Gasteiger partial charge >= 0.3 is 5.97 Å². The summed E-state index contributed by atoms with van der Waals surface area (Å²) < 4.78 is 11.2. The summed E-state index contributed by atoms with van der Waals surface area (Å²) in [5.74, 6) is 0.733. The number of fused-ring (bicyclic) bond motifs is 1. The van der Waals surface area contributed by atoms with E-state index in [0.717, 1.165) is 11.4 Å². The molecule has 29 heavy (non-hydrogen) atoms. The number of anilines is 2. The van der Waals surface area contributed by atoms with Gasteiger partial charge in [0.2, 0.25) is 0 Å². The highest BCUT2D eigenvalue weighted by Crippen LogP contribution is 2.47.